The molecule has 72 valence electrons. The monoisotopic (exact) mass is 198 g/mol. The summed E-state index contributed by atoms with van der Waals surface area (Å²) < 4.78 is 5.10. The molecular weight excluding hydrogens is 184 g/mol. The molecule has 0 aromatic carbocycles. The van der Waals surface area contributed by atoms with E-state index in [4.69, 9.17) is 4.74 Å². The Morgan fingerprint density at radius 3 is 2.92 bits per heavy atom. The van der Waals surface area contributed by atoms with E-state index in [2.05, 4.69) is 24.1 Å². The van der Waals surface area contributed by atoms with Gasteiger partial charge in [0, 0.05) is 11.1 Å². The predicted octanol–water partition coefficient (Wildman–Crippen LogP) is 1.50. The number of aryl methyl sites for hydroxylation is 1. The summed E-state index contributed by atoms with van der Waals surface area (Å²) in [4.78, 5) is 5.61. The van der Waals surface area contributed by atoms with Gasteiger partial charge < -0.3 is 10.1 Å². The van der Waals surface area contributed by atoms with Gasteiger partial charge in [0.15, 0.2) is 0 Å². The van der Waals surface area contributed by atoms with Crippen LogP contribution in [-0.4, -0.2) is 24.2 Å². The van der Waals surface area contributed by atoms with Gasteiger partial charge in [0.25, 0.3) is 0 Å². The maximum Gasteiger partial charge on any atom is 0.109 e. The molecule has 1 aliphatic heterocycles. The molecule has 3 nitrogen and oxygen atoms in total. The minimum atomic E-state index is 0.354. The van der Waals surface area contributed by atoms with Gasteiger partial charge >= 0.3 is 0 Å². The summed E-state index contributed by atoms with van der Waals surface area (Å²) in [5.41, 5.74) is 0. The number of thiazole rings is 1. The van der Waals surface area contributed by atoms with Crippen LogP contribution < -0.4 is 5.32 Å². The molecule has 0 spiro atoms. The second-order valence-electron chi connectivity index (χ2n) is 3.43. The van der Waals surface area contributed by atoms with Crippen LogP contribution >= 0.6 is 11.3 Å². The van der Waals surface area contributed by atoms with Crippen LogP contribution in [0.2, 0.25) is 0 Å². The minimum Gasteiger partial charge on any atom is -0.378 e. The van der Waals surface area contributed by atoms with Crippen molar-refractivity contribution in [2.45, 2.75) is 25.9 Å². The van der Waals surface area contributed by atoms with Crippen molar-refractivity contribution in [2.24, 2.45) is 0 Å². The summed E-state index contributed by atoms with van der Waals surface area (Å²) in [6.07, 6.45) is 1.93. The van der Waals surface area contributed by atoms with Crippen molar-refractivity contribution in [3.8, 4) is 0 Å². The van der Waals surface area contributed by atoms with E-state index in [-0.39, 0.29) is 0 Å². The Morgan fingerprint density at radius 1 is 1.69 bits per heavy atom. The number of nitrogens with one attached hydrogen (secondary N) is 1. The van der Waals surface area contributed by atoms with Crippen LogP contribution in [0.15, 0.2) is 6.20 Å². The molecule has 2 heterocycles. The summed E-state index contributed by atoms with van der Waals surface area (Å²) in [5, 5.41) is 4.64. The fourth-order valence-corrected chi connectivity index (χ4v) is 2.11. The van der Waals surface area contributed by atoms with E-state index in [1.165, 1.54) is 9.88 Å². The third kappa shape index (κ3) is 2.07. The Labute approximate surface area is 82.1 Å². The Balaban J connectivity index is 1.92. The third-order valence-electron chi connectivity index (χ3n) is 2.13. The zero-order valence-electron chi connectivity index (χ0n) is 7.91. The number of ether oxygens (including phenoxy) is 1. The molecule has 1 fully saturated rings. The molecule has 1 unspecified atom stereocenters. The van der Waals surface area contributed by atoms with Gasteiger partial charge in [-0.2, -0.15) is 0 Å². The van der Waals surface area contributed by atoms with E-state index in [1.54, 1.807) is 11.3 Å². The van der Waals surface area contributed by atoms with Crippen molar-refractivity contribution in [1.29, 1.82) is 0 Å². The molecule has 0 aliphatic carbocycles. The molecular formula is C9H14N2OS. The fraction of sp³-hybridized carbons (Fsp3) is 0.667. The van der Waals surface area contributed by atoms with Crippen LogP contribution in [0.1, 0.15) is 22.9 Å². The van der Waals surface area contributed by atoms with Gasteiger partial charge in [-0.3, -0.25) is 0 Å². The van der Waals surface area contributed by atoms with Crippen LogP contribution in [0.3, 0.4) is 0 Å². The average molecular weight is 198 g/mol. The number of hydrogen-bond donors (Lipinski definition) is 1. The second-order valence-corrected chi connectivity index (χ2v) is 4.70. The maximum atomic E-state index is 5.10. The molecule has 1 saturated heterocycles. The van der Waals surface area contributed by atoms with Gasteiger partial charge in [-0.05, 0) is 13.8 Å². The van der Waals surface area contributed by atoms with Gasteiger partial charge in [-0.25, -0.2) is 4.98 Å². The number of rotatable bonds is 3. The molecule has 1 N–H and O–H groups in total. The largest absolute Gasteiger partial charge is 0.378 e. The van der Waals surface area contributed by atoms with Crippen molar-refractivity contribution >= 4 is 11.3 Å². The van der Waals surface area contributed by atoms with E-state index >= 15 is 0 Å². The lowest BCUT2D eigenvalue weighted by Gasteiger charge is -2.29. The minimum absolute atomic E-state index is 0.354. The van der Waals surface area contributed by atoms with E-state index in [1.807, 2.05) is 6.20 Å². The number of aromatic nitrogens is 1. The zero-order chi connectivity index (χ0) is 9.26. The number of nitrogens with zero attached hydrogens (tertiary/aromatic N) is 1. The van der Waals surface area contributed by atoms with Gasteiger partial charge in [-0.1, -0.05) is 0 Å². The summed E-state index contributed by atoms with van der Waals surface area (Å²) in [5.74, 6) is 0. The molecule has 4 heteroatoms. The van der Waals surface area contributed by atoms with E-state index < -0.39 is 0 Å². The first-order chi connectivity index (χ1) is 6.25. The number of hydrogen-bond acceptors (Lipinski definition) is 4. The highest BCUT2D eigenvalue weighted by molar-refractivity contribution is 7.11. The average Bonchev–Trinajstić information content (AvgIpc) is 2.44. The molecule has 0 radical (unpaired) electrons. The van der Waals surface area contributed by atoms with E-state index in [0.717, 1.165) is 13.2 Å². The van der Waals surface area contributed by atoms with Crippen molar-refractivity contribution in [3.63, 3.8) is 0 Å². The Kier molecular flexibility index (Phi) is 2.62. The highest BCUT2D eigenvalue weighted by Gasteiger charge is 2.21. The second kappa shape index (κ2) is 3.74. The molecule has 1 aromatic rings. The summed E-state index contributed by atoms with van der Waals surface area (Å²) >= 11 is 1.76. The van der Waals surface area contributed by atoms with Crippen molar-refractivity contribution < 1.29 is 4.74 Å². The molecule has 0 saturated carbocycles. The van der Waals surface area contributed by atoms with Gasteiger partial charge in [0.05, 0.1) is 25.3 Å². The van der Waals surface area contributed by atoms with E-state index in [0.29, 0.717) is 12.1 Å². The predicted molar refractivity (Wildman–Crippen MR) is 53.0 cm³/mol. The van der Waals surface area contributed by atoms with Gasteiger partial charge in [0.1, 0.15) is 5.01 Å². The first-order valence-electron chi connectivity index (χ1n) is 4.52. The molecule has 0 amide bonds. The van der Waals surface area contributed by atoms with Crippen molar-refractivity contribution in [1.82, 2.24) is 10.3 Å². The SMILES string of the molecule is Cc1cnc(C(C)NC2COC2)s1. The lowest BCUT2D eigenvalue weighted by atomic mass is 10.2. The lowest BCUT2D eigenvalue weighted by molar-refractivity contribution is -0.00926. The van der Waals surface area contributed by atoms with Crippen molar-refractivity contribution in [3.05, 3.63) is 16.1 Å². The molecule has 1 aromatic heterocycles. The molecule has 2 rings (SSSR count). The maximum absolute atomic E-state index is 5.10. The van der Waals surface area contributed by atoms with Gasteiger partial charge in [-0.15, -0.1) is 11.3 Å². The van der Waals surface area contributed by atoms with Crippen LogP contribution in [0.5, 0.6) is 0 Å². The first kappa shape index (κ1) is 9.12. The lowest BCUT2D eigenvalue weighted by Crippen LogP contribution is -2.46. The Hall–Kier alpha value is -0.450. The van der Waals surface area contributed by atoms with Crippen LogP contribution in [0, 0.1) is 6.92 Å². The fourth-order valence-electron chi connectivity index (χ4n) is 1.33. The molecule has 1 atom stereocenters. The molecule has 1 aliphatic rings. The standard InChI is InChI=1S/C9H14N2OS/c1-6-3-10-9(13-6)7(2)11-8-4-12-5-8/h3,7-8,11H,4-5H2,1-2H3. The summed E-state index contributed by atoms with van der Waals surface area (Å²) in [6, 6.07) is 0.881. The smallest absolute Gasteiger partial charge is 0.109 e. The van der Waals surface area contributed by atoms with E-state index in [9.17, 15) is 0 Å². The first-order valence-corrected chi connectivity index (χ1v) is 5.33. The van der Waals surface area contributed by atoms with Crippen LogP contribution in [0.4, 0.5) is 0 Å². The van der Waals surface area contributed by atoms with Crippen molar-refractivity contribution in [2.75, 3.05) is 13.2 Å². The zero-order valence-corrected chi connectivity index (χ0v) is 8.73. The van der Waals surface area contributed by atoms with Crippen LogP contribution in [-0.2, 0) is 4.74 Å². The molecule has 0 bridgehead atoms. The van der Waals surface area contributed by atoms with Gasteiger partial charge in [0.2, 0.25) is 0 Å². The highest BCUT2D eigenvalue weighted by Crippen LogP contribution is 2.20. The topological polar surface area (TPSA) is 34.2 Å². The Bertz CT molecular complexity index is 283. The normalized spacial score (nSPS) is 19.8. The highest BCUT2D eigenvalue weighted by atomic mass is 32.1. The third-order valence-corrected chi connectivity index (χ3v) is 3.23. The summed E-state index contributed by atoms with van der Waals surface area (Å²) in [7, 11) is 0. The molecule has 13 heavy (non-hydrogen) atoms. The quantitative estimate of drug-likeness (QED) is 0.799. The summed E-state index contributed by atoms with van der Waals surface area (Å²) in [6.45, 7) is 5.92. The van der Waals surface area contributed by atoms with Crippen LogP contribution in [0.25, 0.3) is 0 Å². The Morgan fingerprint density at radius 2 is 2.46 bits per heavy atom.